The summed E-state index contributed by atoms with van der Waals surface area (Å²) in [6, 6.07) is 5.03. The third kappa shape index (κ3) is 4.41. The highest BCUT2D eigenvalue weighted by atomic mass is 16.5. The number of hydrogen-bond donors (Lipinski definition) is 2. The Morgan fingerprint density at radius 1 is 1.08 bits per heavy atom. The van der Waals surface area contributed by atoms with Crippen molar-refractivity contribution < 1.29 is 19.0 Å². The van der Waals surface area contributed by atoms with Crippen molar-refractivity contribution in [3.05, 3.63) is 48.8 Å². The summed E-state index contributed by atoms with van der Waals surface area (Å²) in [6.45, 7) is 4.22. The summed E-state index contributed by atoms with van der Waals surface area (Å²) in [7, 11) is 4.55. The van der Waals surface area contributed by atoms with Crippen molar-refractivity contribution in [2.45, 2.75) is 0 Å². The van der Waals surface area contributed by atoms with E-state index in [0.29, 0.717) is 35.0 Å². The first kappa shape index (κ1) is 18.1. The van der Waals surface area contributed by atoms with E-state index < -0.39 is 0 Å². The zero-order chi connectivity index (χ0) is 18.2. The highest BCUT2D eigenvalue weighted by Gasteiger charge is 2.15. The first-order valence-electron chi connectivity index (χ1n) is 7.54. The van der Waals surface area contributed by atoms with E-state index in [4.69, 9.17) is 14.2 Å². The minimum absolute atomic E-state index is 0.302. The molecule has 7 heteroatoms. The fraction of sp³-hybridized carbons (Fsp3) is 0.222. The second-order valence-corrected chi connectivity index (χ2v) is 5.00. The molecule has 0 radical (unpaired) electrons. The molecule has 7 nitrogen and oxygen atoms in total. The van der Waals surface area contributed by atoms with Crippen molar-refractivity contribution in [1.29, 1.82) is 0 Å². The van der Waals surface area contributed by atoms with E-state index >= 15 is 0 Å². The molecule has 0 saturated carbocycles. The molecule has 2 N–H and O–H groups in total. The standard InChI is InChI=1S/C18H21N3O4/c1-5-6-20-14-7-12(10-19-11-14)18(22)21-13-8-15(23-2)17(25-4)16(9-13)24-3/h5,7-11,20H,1,6H2,2-4H3,(H,21,22). The number of aromatic nitrogens is 1. The maximum Gasteiger partial charge on any atom is 0.257 e. The molecular weight excluding hydrogens is 322 g/mol. The summed E-state index contributed by atoms with van der Waals surface area (Å²) < 4.78 is 15.8. The number of anilines is 2. The summed E-state index contributed by atoms with van der Waals surface area (Å²) in [5.74, 6) is 1.07. The van der Waals surface area contributed by atoms with Crippen LogP contribution in [-0.4, -0.2) is 38.8 Å². The van der Waals surface area contributed by atoms with Crippen molar-refractivity contribution in [3.63, 3.8) is 0 Å². The smallest absolute Gasteiger partial charge is 0.257 e. The van der Waals surface area contributed by atoms with Gasteiger partial charge in [-0.05, 0) is 6.07 Å². The first-order valence-corrected chi connectivity index (χ1v) is 7.54. The average molecular weight is 343 g/mol. The van der Waals surface area contributed by atoms with E-state index in [1.807, 2.05) is 0 Å². The lowest BCUT2D eigenvalue weighted by Gasteiger charge is -2.14. The van der Waals surface area contributed by atoms with Crippen LogP contribution in [0.4, 0.5) is 11.4 Å². The number of nitrogens with zero attached hydrogens (tertiary/aromatic N) is 1. The Labute approximate surface area is 146 Å². The maximum atomic E-state index is 12.5. The van der Waals surface area contributed by atoms with E-state index in [-0.39, 0.29) is 5.91 Å². The number of amides is 1. The number of hydrogen-bond acceptors (Lipinski definition) is 6. The molecular formula is C18H21N3O4. The van der Waals surface area contributed by atoms with E-state index in [2.05, 4.69) is 22.2 Å². The van der Waals surface area contributed by atoms with Gasteiger partial charge in [-0.15, -0.1) is 6.58 Å². The number of carbonyl (C=O) groups is 1. The summed E-state index contributed by atoms with van der Waals surface area (Å²) >= 11 is 0. The van der Waals surface area contributed by atoms with Gasteiger partial charge in [0.1, 0.15) is 0 Å². The number of ether oxygens (including phenoxy) is 3. The van der Waals surface area contributed by atoms with Gasteiger partial charge in [-0.1, -0.05) is 6.08 Å². The number of pyridine rings is 1. The fourth-order valence-electron chi connectivity index (χ4n) is 2.21. The number of methoxy groups -OCH3 is 3. The molecule has 0 atom stereocenters. The van der Waals surface area contributed by atoms with Crippen LogP contribution in [0.2, 0.25) is 0 Å². The Hall–Kier alpha value is -3.22. The van der Waals surface area contributed by atoms with Crippen LogP contribution < -0.4 is 24.8 Å². The third-order valence-corrected chi connectivity index (χ3v) is 3.37. The van der Waals surface area contributed by atoms with Gasteiger partial charge in [0.05, 0.1) is 32.6 Å². The number of benzene rings is 1. The fourth-order valence-corrected chi connectivity index (χ4v) is 2.21. The second-order valence-electron chi connectivity index (χ2n) is 5.00. The minimum atomic E-state index is -0.302. The van der Waals surface area contributed by atoms with Crippen molar-refractivity contribution in [3.8, 4) is 17.2 Å². The summed E-state index contributed by atoms with van der Waals surface area (Å²) in [4.78, 5) is 16.5. The lowest BCUT2D eigenvalue weighted by atomic mass is 10.2. The molecule has 0 aliphatic carbocycles. The van der Waals surface area contributed by atoms with Crippen LogP contribution in [0.1, 0.15) is 10.4 Å². The lowest BCUT2D eigenvalue weighted by Crippen LogP contribution is -2.13. The van der Waals surface area contributed by atoms with Crippen LogP contribution in [0.25, 0.3) is 0 Å². The molecule has 0 spiro atoms. The topological polar surface area (TPSA) is 81.7 Å². The summed E-state index contributed by atoms with van der Waals surface area (Å²) in [5.41, 5.74) is 1.67. The SMILES string of the molecule is C=CCNc1cncc(C(=O)Nc2cc(OC)c(OC)c(OC)c2)c1. The molecule has 0 saturated heterocycles. The van der Waals surface area contributed by atoms with Gasteiger partial charge in [-0.25, -0.2) is 0 Å². The number of carbonyl (C=O) groups excluding carboxylic acids is 1. The van der Waals surface area contributed by atoms with E-state index in [9.17, 15) is 4.79 Å². The maximum absolute atomic E-state index is 12.5. The molecule has 0 unspecified atom stereocenters. The van der Waals surface area contributed by atoms with Crippen molar-refractivity contribution in [2.24, 2.45) is 0 Å². The van der Waals surface area contributed by atoms with Crippen molar-refractivity contribution in [2.75, 3.05) is 38.5 Å². The van der Waals surface area contributed by atoms with Crippen LogP contribution in [0.15, 0.2) is 43.2 Å². The zero-order valence-electron chi connectivity index (χ0n) is 14.5. The zero-order valence-corrected chi connectivity index (χ0v) is 14.5. The van der Waals surface area contributed by atoms with E-state index in [1.54, 1.807) is 30.5 Å². The van der Waals surface area contributed by atoms with Gasteiger partial charge in [0.2, 0.25) is 5.75 Å². The summed E-state index contributed by atoms with van der Waals surface area (Å²) in [5, 5.41) is 5.89. The van der Waals surface area contributed by atoms with Gasteiger partial charge in [-0.2, -0.15) is 0 Å². The van der Waals surface area contributed by atoms with Crippen LogP contribution in [0, 0.1) is 0 Å². The first-order chi connectivity index (χ1) is 12.1. The highest BCUT2D eigenvalue weighted by Crippen LogP contribution is 2.40. The van der Waals surface area contributed by atoms with Gasteiger partial charge in [0.25, 0.3) is 5.91 Å². The molecule has 132 valence electrons. The Morgan fingerprint density at radius 2 is 1.76 bits per heavy atom. The molecule has 0 aliphatic heterocycles. The minimum Gasteiger partial charge on any atom is -0.493 e. The van der Waals surface area contributed by atoms with Gasteiger partial charge in [-0.3, -0.25) is 9.78 Å². The molecule has 2 aromatic rings. The van der Waals surface area contributed by atoms with Gasteiger partial charge in [0, 0.05) is 36.8 Å². The summed E-state index contributed by atoms with van der Waals surface area (Å²) in [6.07, 6.45) is 4.86. The van der Waals surface area contributed by atoms with E-state index in [0.717, 1.165) is 5.69 Å². The molecule has 0 aliphatic rings. The normalized spacial score (nSPS) is 9.88. The van der Waals surface area contributed by atoms with Crippen molar-refractivity contribution in [1.82, 2.24) is 4.98 Å². The Kier molecular flexibility index (Phi) is 6.22. The molecule has 1 aromatic carbocycles. The Balaban J connectivity index is 2.24. The molecule has 25 heavy (non-hydrogen) atoms. The second kappa shape index (κ2) is 8.58. The predicted molar refractivity (Wildman–Crippen MR) is 97.0 cm³/mol. The molecule has 1 aromatic heterocycles. The van der Waals surface area contributed by atoms with Crippen molar-refractivity contribution >= 4 is 17.3 Å². The molecule has 0 bridgehead atoms. The number of rotatable bonds is 8. The average Bonchev–Trinajstić information content (AvgIpc) is 2.65. The monoisotopic (exact) mass is 343 g/mol. The highest BCUT2D eigenvalue weighted by molar-refractivity contribution is 6.04. The molecule has 1 amide bonds. The van der Waals surface area contributed by atoms with Crippen LogP contribution >= 0.6 is 0 Å². The molecule has 2 rings (SSSR count). The van der Waals surface area contributed by atoms with Gasteiger partial charge < -0.3 is 24.8 Å². The quantitative estimate of drug-likeness (QED) is 0.717. The lowest BCUT2D eigenvalue weighted by molar-refractivity contribution is 0.102. The van der Waals surface area contributed by atoms with Crippen LogP contribution in [0.3, 0.4) is 0 Å². The molecule has 1 heterocycles. The predicted octanol–water partition coefficient (Wildman–Crippen LogP) is 2.96. The molecule has 0 fully saturated rings. The van der Waals surface area contributed by atoms with Gasteiger partial charge >= 0.3 is 0 Å². The van der Waals surface area contributed by atoms with Crippen LogP contribution in [-0.2, 0) is 0 Å². The Bertz CT molecular complexity index is 737. The third-order valence-electron chi connectivity index (χ3n) is 3.37. The largest absolute Gasteiger partial charge is 0.493 e. The van der Waals surface area contributed by atoms with Gasteiger partial charge in [0.15, 0.2) is 11.5 Å². The van der Waals surface area contributed by atoms with Crippen LogP contribution in [0.5, 0.6) is 17.2 Å². The van der Waals surface area contributed by atoms with E-state index in [1.165, 1.54) is 27.5 Å². The Morgan fingerprint density at radius 3 is 2.32 bits per heavy atom. The number of nitrogens with one attached hydrogen (secondary N) is 2.